The molecule has 25 heavy (non-hydrogen) atoms. The minimum absolute atomic E-state index is 0.0551. The first-order valence-electron chi connectivity index (χ1n) is 8.31. The van der Waals surface area contributed by atoms with Crippen molar-refractivity contribution in [3.63, 3.8) is 0 Å². The van der Waals surface area contributed by atoms with Gasteiger partial charge < -0.3 is 20.6 Å². The number of benzene rings is 1. The summed E-state index contributed by atoms with van der Waals surface area (Å²) in [6.45, 7) is 0.529. The fraction of sp³-hybridized carbons (Fsp3) is 0.471. The molecule has 134 valence electrons. The van der Waals surface area contributed by atoms with Crippen molar-refractivity contribution in [3.8, 4) is 0 Å². The topological polar surface area (TPSA) is 98.7 Å². The number of anilines is 1. The molecule has 2 aliphatic rings. The summed E-state index contributed by atoms with van der Waals surface area (Å²) in [5.41, 5.74) is 0.997. The molecule has 1 unspecified atom stereocenters. The third-order valence-corrected chi connectivity index (χ3v) is 5.27. The molecule has 1 heterocycles. The van der Waals surface area contributed by atoms with Gasteiger partial charge in [-0.2, -0.15) is 11.8 Å². The van der Waals surface area contributed by atoms with Gasteiger partial charge in [-0.1, -0.05) is 6.07 Å². The highest BCUT2D eigenvalue weighted by atomic mass is 32.2. The van der Waals surface area contributed by atoms with Crippen LogP contribution < -0.4 is 10.6 Å². The van der Waals surface area contributed by atoms with Gasteiger partial charge in [-0.25, -0.2) is 4.79 Å². The van der Waals surface area contributed by atoms with Crippen molar-refractivity contribution in [1.82, 2.24) is 10.2 Å². The molecule has 8 heteroatoms. The fourth-order valence-corrected chi connectivity index (χ4v) is 3.83. The lowest BCUT2D eigenvalue weighted by Crippen LogP contribution is -2.47. The van der Waals surface area contributed by atoms with Gasteiger partial charge in [-0.3, -0.25) is 9.59 Å². The largest absolute Gasteiger partial charge is 0.481 e. The van der Waals surface area contributed by atoms with Crippen LogP contribution in [0.2, 0.25) is 0 Å². The zero-order chi connectivity index (χ0) is 17.8. The minimum Gasteiger partial charge on any atom is -0.481 e. The van der Waals surface area contributed by atoms with E-state index in [9.17, 15) is 14.4 Å². The molecule has 1 aliphatic heterocycles. The highest BCUT2D eigenvalue weighted by molar-refractivity contribution is 7.99. The molecule has 2 fully saturated rings. The number of aliphatic carboxylic acids is 1. The van der Waals surface area contributed by atoms with E-state index in [-0.39, 0.29) is 30.4 Å². The summed E-state index contributed by atoms with van der Waals surface area (Å²) in [4.78, 5) is 37.3. The molecule has 0 radical (unpaired) electrons. The number of hydrogen-bond acceptors (Lipinski definition) is 4. The van der Waals surface area contributed by atoms with Crippen LogP contribution in [0.1, 0.15) is 29.6 Å². The van der Waals surface area contributed by atoms with E-state index in [2.05, 4.69) is 10.6 Å². The average Bonchev–Trinajstić information content (AvgIpc) is 3.38. The van der Waals surface area contributed by atoms with Crippen LogP contribution in [0.4, 0.5) is 10.5 Å². The zero-order valence-electron chi connectivity index (χ0n) is 13.7. The standard InChI is InChI=1S/C17H21N3O4S/c21-15(22)9-14-10-25-7-6-20(14)16(23)11-2-1-3-13(8-11)19-17(24)18-12-4-5-12/h1-3,8,12,14H,4-7,9-10H2,(H,21,22)(H2,18,19,24). The number of hydrogen-bond donors (Lipinski definition) is 3. The molecule has 3 rings (SSSR count). The number of nitrogens with zero attached hydrogens (tertiary/aromatic N) is 1. The van der Waals surface area contributed by atoms with Crippen LogP contribution in [-0.4, -0.2) is 58.0 Å². The van der Waals surface area contributed by atoms with Gasteiger partial charge in [0.2, 0.25) is 0 Å². The van der Waals surface area contributed by atoms with Crippen molar-refractivity contribution < 1.29 is 19.5 Å². The van der Waals surface area contributed by atoms with E-state index in [1.165, 1.54) is 0 Å². The van der Waals surface area contributed by atoms with Crippen LogP contribution in [-0.2, 0) is 4.79 Å². The van der Waals surface area contributed by atoms with Crippen LogP contribution in [0, 0.1) is 0 Å². The van der Waals surface area contributed by atoms with Gasteiger partial charge in [0, 0.05) is 35.3 Å². The van der Waals surface area contributed by atoms with Gasteiger partial charge in [0.25, 0.3) is 5.91 Å². The molecular formula is C17H21N3O4S. The monoisotopic (exact) mass is 363 g/mol. The Kier molecular flexibility index (Phi) is 5.47. The number of amides is 3. The van der Waals surface area contributed by atoms with Crippen molar-refractivity contribution in [1.29, 1.82) is 0 Å². The Morgan fingerprint density at radius 3 is 2.80 bits per heavy atom. The van der Waals surface area contributed by atoms with E-state index >= 15 is 0 Å². The Balaban J connectivity index is 1.68. The minimum atomic E-state index is -0.905. The van der Waals surface area contributed by atoms with Crippen molar-refractivity contribution in [2.24, 2.45) is 0 Å². The van der Waals surface area contributed by atoms with Gasteiger partial charge in [-0.05, 0) is 31.0 Å². The Hall–Kier alpha value is -2.22. The molecule has 1 saturated carbocycles. The molecule has 1 atom stereocenters. The van der Waals surface area contributed by atoms with Gasteiger partial charge in [-0.15, -0.1) is 0 Å². The number of rotatable bonds is 5. The van der Waals surface area contributed by atoms with Crippen molar-refractivity contribution in [2.75, 3.05) is 23.4 Å². The lowest BCUT2D eigenvalue weighted by molar-refractivity contribution is -0.138. The maximum Gasteiger partial charge on any atom is 0.319 e. The predicted molar refractivity (Wildman–Crippen MR) is 96.0 cm³/mol. The summed E-state index contributed by atoms with van der Waals surface area (Å²) < 4.78 is 0. The molecular weight excluding hydrogens is 342 g/mol. The summed E-state index contributed by atoms with van der Waals surface area (Å²) >= 11 is 1.66. The molecule has 1 aromatic rings. The number of carbonyl (C=O) groups excluding carboxylic acids is 2. The number of thioether (sulfide) groups is 1. The number of carboxylic acid groups (broad SMARTS) is 1. The number of nitrogens with one attached hydrogen (secondary N) is 2. The van der Waals surface area contributed by atoms with E-state index in [0.29, 0.717) is 23.5 Å². The lowest BCUT2D eigenvalue weighted by Gasteiger charge is -2.34. The maximum absolute atomic E-state index is 12.8. The van der Waals surface area contributed by atoms with Gasteiger partial charge in [0.1, 0.15) is 0 Å². The first kappa shape index (κ1) is 17.6. The second kappa shape index (κ2) is 7.77. The van der Waals surface area contributed by atoms with Crippen LogP contribution in [0.5, 0.6) is 0 Å². The summed E-state index contributed by atoms with van der Waals surface area (Å²) in [7, 11) is 0. The highest BCUT2D eigenvalue weighted by Gasteiger charge is 2.29. The first-order chi connectivity index (χ1) is 12.0. The first-order valence-corrected chi connectivity index (χ1v) is 9.46. The molecule has 0 spiro atoms. The lowest BCUT2D eigenvalue weighted by atomic mass is 10.1. The van der Waals surface area contributed by atoms with Crippen LogP contribution in [0.15, 0.2) is 24.3 Å². The second-order valence-corrected chi connectivity index (χ2v) is 7.43. The Bertz CT molecular complexity index is 678. The van der Waals surface area contributed by atoms with E-state index in [1.807, 2.05) is 0 Å². The Labute approximate surface area is 150 Å². The Morgan fingerprint density at radius 1 is 1.28 bits per heavy atom. The van der Waals surface area contributed by atoms with Crippen molar-refractivity contribution in [2.45, 2.75) is 31.3 Å². The molecule has 0 bridgehead atoms. The fourth-order valence-electron chi connectivity index (χ4n) is 2.77. The van der Waals surface area contributed by atoms with Crippen LogP contribution >= 0.6 is 11.8 Å². The van der Waals surface area contributed by atoms with E-state index in [1.54, 1.807) is 40.9 Å². The molecule has 3 amide bonds. The van der Waals surface area contributed by atoms with Crippen LogP contribution in [0.25, 0.3) is 0 Å². The molecule has 0 aromatic heterocycles. The van der Waals surface area contributed by atoms with Gasteiger partial charge >= 0.3 is 12.0 Å². The number of urea groups is 1. The maximum atomic E-state index is 12.8. The Morgan fingerprint density at radius 2 is 2.08 bits per heavy atom. The number of carbonyl (C=O) groups is 3. The number of carboxylic acids is 1. The van der Waals surface area contributed by atoms with E-state index < -0.39 is 5.97 Å². The summed E-state index contributed by atoms with van der Waals surface area (Å²) in [6.07, 6.45) is 1.95. The van der Waals surface area contributed by atoms with Crippen molar-refractivity contribution in [3.05, 3.63) is 29.8 Å². The summed E-state index contributed by atoms with van der Waals surface area (Å²) in [5, 5.41) is 14.6. The molecule has 1 saturated heterocycles. The molecule has 1 aromatic carbocycles. The van der Waals surface area contributed by atoms with Crippen molar-refractivity contribution >= 4 is 35.4 Å². The molecule has 7 nitrogen and oxygen atoms in total. The molecule has 3 N–H and O–H groups in total. The van der Waals surface area contributed by atoms with Crippen LogP contribution in [0.3, 0.4) is 0 Å². The van der Waals surface area contributed by atoms with Gasteiger partial charge in [0.05, 0.1) is 12.5 Å². The average molecular weight is 363 g/mol. The summed E-state index contributed by atoms with van der Waals surface area (Å²) in [6, 6.07) is 6.44. The zero-order valence-corrected chi connectivity index (χ0v) is 14.6. The predicted octanol–water partition coefficient (Wildman–Crippen LogP) is 2.00. The van der Waals surface area contributed by atoms with E-state index in [4.69, 9.17) is 5.11 Å². The van der Waals surface area contributed by atoms with Gasteiger partial charge in [0.15, 0.2) is 0 Å². The quantitative estimate of drug-likeness (QED) is 0.743. The normalized spacial score (nSPS) is 20.0. The molecule has 1 aliphatic carbocycles. The van der Waals surface area contributed by atoms with E-state index in [0.717, 1.165) is 18.6 Å². The summed E-state index contributed by atoms with van der Waals surface area (Å²) in [5.74, 6) is 0.318. The SMILES string of the molecule is O=C(O)CC1CSCCN1C(=O)c1cccc(NC(=O)NC2CC2)c1. The second-order valence-electron chi connectivity index (χ2n) is 6.28. The third-order valence-electron chi connectivity index (χ3n) is 4.18. The highest BCUT2D eigenvalue weighted by Crippen LogP contribution is 2.23. The third kappa shape index (κ3) is 4.88. The smallest absolute Gasteiger partial charge is 0.319 e.